The molecule has 4 atom stereocenters. The smallest absolute Gasteiger partial charge is 0.160 e. The second kappa shape index (κ2) is 8.01. The van der Waals surface area contributed by atoms with Crippen LogP contribution in [-0.4, -0.2) is 40.0 Å². The van der Waals surface area contributed by atoms with Crippen molar-refractivity contribution in [3.05, 3.63) is 35.4 Å². The van der Waals surface area contributed by atoms with Gasteiger partial charge in [-0.05, 0) is 54.4 Å². The van der Waals surface area contributed by atoms with Crippen LogP contribution in [0.15, 0.2) is 29.8 Å². The number of hydrogen-bond donors (Lipinski definition) is 1. The predicted molar refractivity (Wildman–Crippen MR) is 103 cm³/mol. The zero-order valence-electron chi connectivity index (χ0n) is 16.0. The Bertz CT molecular complexity index is 657. The Kier molecular flexibility index (Phi) is 5.51. The van der Waals surface area contributed by atoms with E-state index in [-0.39, 0.29) is 0 Å². The molecule has 0 saturated heterocycles. The van der Waals surface area contributed by atoms with Crippen molar-refractivity contribution in [3.8, 4) is 11.5 Å². The molecule has 1 N–H and O–H groups in total. The molecule has 26 heavy (non-hydrogen) atoms. The molecule has 2 saturated carbocycles. The van der Waals surface area contributed by atoms with E-state index >= 15 is 0 Å². The Morgan fingerprint density at radius 2 is 1.88 bits per heavy atom. The van der Waals surface area contributed by atoms with E-state index in [0.29, 0.717) is 12.0 Å². The summed E-state index contributed by atoms with van der Waals surface area (Å²) in [5.74, 6) is 3.84. The molecule has 1 aromatic rings. The van der Waals surface area contributed by atoms with Crippen LogP contribution in [0.4, 0.5) is 0 Å². The molecule has 1 aromatic carbocycles. The lowest BCUT2D eigenvalue weighted by Crippen LogP contribution is -2.58. The Balaban J connectivity index is 1.52. The van der Waals surface area contributed by atoms with Gasteiger partial charge in [-0.3, -0.25) is 0 Å². The van der Waals surface area contributed by atoms with Crippen LogP contribution < -0.4 is 14.8 Å². The first-order valence-corrected chi connectivity index (χ1v) is 10.0. The lowest BCUT2D eigenvalue weighted by atomic mass is 9.53. The molecule has 1 heterocycles. The van der Waals surface area contributed by atoms with Gasteiger partial charge < -0.3 is 19.5 Å². The SMILES string of the molecule is COc1ccc([C@H]2[C@@H]3CCCC[C@@H]3[C@@H]2NCC2=CCCOC2)cc1OC. The zero-order chi connectivity index (χ0) is 17.9. The molecule has 4 heteroatoms. The first kappa shape index (κ1) is 17.9. The van der Waals surface area contributed by atoms with E-state index in [9.17, 15) is 0 Å². The second-order valence-corrected chi connectivity index (χ2v) is 7.86. The van der Waals surface area contributed by atoms with Crippen LogP contribution in [0.1, 0.15) is 43.6 Å². The van der Waals surface area contributed by atoms with Crippen molar-refractivity contribution in [2.75, 3.05) is 34.0 Å². The van der Waals surface area contributed by atoms with Crippen molar-refractivity contribution in [1.82, 2.24) is 5.32 Å². The average Bonchev–Trinajstić information content (AvgIpc) is 2.69. The molecule has 0 radical (unpaired) electrons. The van der Waals surface area contributed by atoms with E-state index in [2.05, 4.69) is 29.6 Å². The molecule has 2 aliphatic carbocycles. The van der Waals surface area contributed by atoms with Crippen LogP contribution in [0, 0.1) is 11.8 Å². The van der Waals surface area contributed by atoms with Crippen molar-refractivity contribution in [1.29, 1.82) is 0 Å². The molecular weight excluding hydrogens is 326 g/mol. The van der Waals surface area contributed by atoms with Gasteiger partial charge in [0.25, 0.3) is 0 Å². The molecule has 4 nitrogen and oxygen atoms in total. The van der Waals surface area contributed by atoms with E-state index in [1.165, 1.54) is 36.8 Å². The van der Waals surface area contributed by atoms with Gasteiger partial charge in [0, 0.05) is 18.5 Å². The third-order valence-electron chi connectivity index (χ3n) is 6.52. The predicted octanol–water partition coefficient (Wildman–Crippen LogP) is 3.91. The van der Waals surface area contributed by atoms with Gasteiger partial charge in [-0.2, -0.15) is 0 Å². The topological polar surface area (TPSA) is 39.7 Å². The summed E-state index contributed by atoms with van der Waals surface area (Å²) >= 11 is 0. The highest BCUT2D eigenvalue weighted by atomic mass is 16.5. The summed E-state index contributed by atoms with van der Waals surface area (Å²) in [5, 5.41) is 3.88. The van der Waals surface area contributed by atoms with Crippen molar-refractivity contribution >= 4 is 0 Å². The summed E-state index contributed by atoms with van der Waals surface area (Å²) in [6.07, 6.45) is 8.86. The highest BCUT2D eigenvalue weighted by molar-refractivity contribution is 5.45. The molecule has 0 aromatic heterocycles. The van der Waals surface area contributed by atoms with Gasteiger partial charge in [-0.25, -0.2) is 0 Å². The highest BCUT2D eigenvalue weighted by Gasteiger charge is 2.51. The molecule has 2 fully saturated rings. The van der Waals surface area contributed by atoms with E-state index in [4.69, 9.17) is 14.2 Å². The number of rotatable bonds is 6. The fraction of sp³-hybridized carbons (Fsp3) is 0.636. The molecule has 0 spiro atoms. The highest BCUT2D eigenvalue weighted by Crippen LogP contribution is 2.55. The minimum absolute atomic E-state index is 0.557. The summed E-state index contributed by atoms with van der Waals surface area (Å²) in [6, 6.07) is 7.03. The average molecular weight is 357 g/mol. The standard InChI is InChI=1S/C22H31NO3/c1-24-19-10-9-16(12-20(19)25-2)21-17-7-3-4-8-18(17)22(21)23-13-15-6-5-11-26-14-15/h6,9-10,12,17-18,21-23H,3-5,7-8,11,13-14H2,1-2H3/t17-,18+,21+,22+/m1/s1. The van der Waals surface area contributed by atoms with Crippen LogP contribution in [0.3, 0.4) is 0 Å². The van der Waals surface area contributed by atoms with E-state index < -0.39 is 0 Å². The molecule has 1 aliphatic heterocycles. The molecule has 142 valence electrons. The molecule has 0 bridgehead atoms. The lowest BCUT2D eigenvalue weighted by Gasteiger charge is -2.55. The number of fused-ring (bicyclic) bond motifs is 1. The number of methoxy groups -OCH3 is 2. The van der Waals surface area contributed by atoms with Crippen molar-refractivity contribution < 1.29 is 14.2 Å². The van der Waals surface area contributed by atoms with Gasteiger partial charge in [0.1, 0.15) is 0 Å². The molecule has 0 unspecified atom stereocenters. The second-order valence-electron chi connectivity index (χ2n) is 7.86. The maximum absolute atomic E-state index is 5.60. The fourth-order valence-electron chi connectivity index (χ4n) is 5.24. The largest absolute Gasteiger partial charge is 0.493 e. The van der Waals surface area contributed by atoms with Crippen molar-refractivity contribution in [2.45, 2.75) is 44.1 Å². The Morgan fingerprint density at radius 1 is 1.08 bits per heavy atom. The number of benzene rings is 1. The van der Waals surface area contributed by atoms with Crippen LogP contribution in [0.2, 0.25) is 0 Å². The Hall–Kier alpha value is -1.52. The summed E-state index contributed by atoms with van der Waals surface area (Å²) in [4.78, 5) is 0. The van der Waals surface area contributed by atoms with Crippen LogP contribution in [-0.2, 0) is 4.74 Å². The Morgan fingerprint density at radius 3 is 2.62 bits per heavy atom. The third kappa shape index (κ3) is 3.37. The maximum atomic E-state index is 5.60. The van der Waals surface area contributed by atoms with Crippen LogP contribution >= 0.6 is 0 Å². The van der Waals surface area contributed by atoms with Gasteiger partial charge in [0.05, 0.1) is 27.4 Å². The van der Waals surface area contributed by atoms with E-state index in [1.807, 2.05) is 0 Å². The minimum Gasteiger partial charge on any atom is -0.493 e. The van der Waals surface area contributed by atoms with Crippen molar-refractivity contribution in [2.24, 2.45) is 11.8 Å². The van der Waals surface area contributed by atoms with Gasteiger partial charge in [-0.15, -0.1) is 0 Å². The Labute approximate surface area is 156 Å². The third-order valence-corrected chi connectivity index (χ3v) is 6.52. The van der Waals surface area contributed by atoms with Gasteiger partial charge in [0.2, 0.25) is 0 Å². The maximum Gasteiger partial charge on any atom is 0.160 e. The fourth-order valence-corrected chi connectivity index (χ4v) is 5.24. The first-order valence-electron chi connectivity index (χ1n) is 10.0. The van der Waals surface area contributed by atoms with Crippen LogP contribution in [0.5, 0.6) is 11.5 Å². The molecule has 3 aliphatic rings. The number of hydrogen-bond acceptors (Lipinski definition) is 4. The van der Waals surface area contributed by atoms with E-state index in [1.54, 1.807) is 14.2 Å². The zero-order valence-corrected chi connectivity index (χ0v) is 16.0. The quantitative estimate of drug-likeness (QED) is 0.784. The molecular formula is C22H31NO3. The van der Waals surface area contributed by atoms with Gasteiger partial charge >= 0.3 is 0 Å². The monoisotopic (exact) mass is 357 g/mol. The van der Waals surface area contributed by atoms with E-state index in [0.717, 1.165) is 49.5 Å². The summed E-state index contributed by atoms with van der Waals surface area (Å²) in [5.41, 5.74) is 2.79. The first-order chi connectivity index (χ1) is 12.8. The number of nitrogens with one attached hydrogen (secondary N) is 1. The minimum atomic E-state index is 0.557. The normalized spacial score (nSPS) is 30.8. The van der Waals surface area contributed by atoms with Gasteiger partial charge in [-0.1, -0.05) is 25.0 Å². The summed E-state index contributed by atoms with van der Waals surface area (Å²) in [7, 11) is 3.42. The van der Waals surface area contributed by atoms with Crippen LogP contribution in [0.25, 0.3) is 0 Å². The summed E-state index contributed by atoms with van der Waals surface area (Å²) < 4.78 is 16.6. The summed E-state index contributed by atoms with van der Waals surface area (Å²) in [6.45, 7) is 2.61. The van der Waals surface area contributed by atoms with Crippen molar-refractivity contribution in [3.63, 3.8) is 0 Å². The lowest BCUT2D eigenvalue weighted by molar-refractivity contribution is 0.0270. The van der Waals surface area contributed by atoms with Gasteiger partial charge in [0.15, 0.2) is 11.5 Å². The molecule has 0 amide bonds. The number of ether oxygens (including phenoxy) is 3. The molecule has 4 rings (SSSR count).